The van der Waals surface area contributed by atoms with Crippen molar-refractivity contribution in [2.24, 2.45) is 5.73 Å². The predicted molar refractivity (Wildman–Crippen MR) is 95.2 cm³/mol. The molecule has 1 fully saturated rings. The summed E-state index contributed by atoms with van der Waals surface area (Å²) in [6.45, 7) is 2.13. The number of benzene rings is 1. The van der Waals surface area contributed by atoms with Gasteiger partial charge in [0.15, 0.2) is 5.82 Å². The van der Waals surface area contributed by atoms with Crippen LogP contribution in [0.4, 0.5) is 10.2 Å². The van der Waals surface area contributed by atoms with E-state index in [0.29, 0.717) is 11.3 Å². The number of nitrogens with one attached hydrogen (secondary N) is 2. The number of primary amides is 1. The Morgan fingerprint density at radius 2 is 2.19 bits per heavy atom. The Morgan fingerprint density at radius 3 is 2.85 bits per heavy atom. The molecule has 0 atom stereocenters. The van der Waals surface area contributed by atoms with Gasteiger partial charge in [-0.1, -0.05) is 5.92 Å². The lowest BCUT2D eigenvalue weighted by Crippen LogP contribution is -2.13. The largest absolute Gasteiger partial charge is 0.371 e. The van der Waals surface area contributed by atoms with Crippen LogP contribution in [0.1, 0.15) is 41.4 Å². The summed E-state index contributed by atoms with van der Waals surface area (Å²) >= 11 is 0. The van der Waals surface area contributed by atoms with E-state index in [1.807, 2.05) is 4.57 Å². The van der Waals surface area contributed by atoms with E-state index >= 15 is 0 Å². The average Bonchev–Trinajstić information content (AvgIpc) is 3.05. The molecule has 1 amide bonds. The number of aromatic nitrogens is 4. The van der Waals surface area contributed by atoms with Gasteiger partial charge in [0.25, 0.3) is 5.91 Å². The normalized spacial score (nSPS) is 14.7. The van der Waals surface area contributed by atoms with Crippen molar-refractivity contribution in [2.45, 2.75) is 25.3 Å². The van der Waals surface area contributed by atoms with Crippen LogP contribution in [0, 0.1) is 17.7 Å². The van der Waals surface area contributed by atoms with Crippen molar-refractivity contribution in [3.8, 4) is 11.8 Å². The summed E-state index contributed by atoms with van der Waals surface area (Å²) in [5.74, 6) is 4.67. The first kappa shape index (κ1) is 16.1. The third kappa shape index (κ3) is 2.49. The number of hydrogen-bond donors (Lipinski definition) is 3. The number of fused-ring (bicyclic) bond motifs is 1. The number of carbonyl (C=O) groups is 1. The highest BCUT2D eigenvalue weighted by molar-refractivity contribution is 5.99. The monoisotopic (exact) mass is 352 g/mol. The molecular weight excluding hydrogens is 335 g/mol. The summed E-state index contributed by atoms with van der Waals surface area (Å²) in [6, 6.07) is 3.07. The predicted octanol–water partition coefficient (Wildman–Crippen LogP) is 1.95. The first-order valence-corrected chi connectivity index (χ1v) is 8.18. The SMILES string of the molecule is CNc1n[nH]c(C#Cc2cc3ncn(C4(C)CC4)c3cc2F)c1C(N)=O. The molecule has 1 saturated carbocycles. The van der Waals surface area contributed by atoms with Crippen molar-refractivity contribution < 1.29 is 9.18 Å². The minimum atomic E-state index is -0.667. The Bertz CT molecular complexity index is 1100. The molecule has 26 heavy (non-hydrogen) atoms. The molecule has 0 radical (unpaired) electrons. The lowest BCUT2D eigenvalue weighted by Gasteiger charge is -2.11. The number of imidazole rings is 1. The van der Waals surface area contributed by atoms with E-state index in [1.54, 1.807) is 19.4 Å². The molecule has 8 heteroatoms. The van der Waals surface area contributed by atoms with Crippen LogP contribution in [0.2, 0.25) is 0 Å². The van der Waals surface area contributed by atoms with Crippen LogP contribution in [0.25, 0.3) is 11.0 Å². The minimum Gasteiger partial charge on any atom is -0.371 e. The average molecular weight is 352 g/mol. The van der Waals surface area contributed by atoms with E-state index in [4.69, 9.17) is 5.73 Å². The quantitative estimate of drug-likeness (QED) is 0.627. The smallest absolute Gasteiger partial charge is 0.255 e. The minimum absolute atomic E-state index is 0.0320. The Hall–Kier alpha value is -3.34. The first-order valence-electron chi connectivity index (χ1n) is 8.18. The summed E-state index contributed by atoms with van der Waals surface area (Å²) in [5, 5.41) is 9.32. The van der Waals surface area contributed by atoms with Gasteiger partial charge in [0, 0.05) is 18.7 Å². The zero-order chi connectivity index (χ0) is 18.5. The molecule has 0 aliphatic heterocycles. The lowest BCUT2D eigenvalue weighted by molar-refractivity contribution is 0.100. The van der Waals surface area contributed by atoms with Crippen molar-refractivity contribution in [1.82, 2.24) is 19.7 Å². The van der Waals surface area contributed by atoms with Crippen LogP contribution < -0.4 is 11.1 Å². The molecule has 1 aliphatic rings. The van der Waals surface area contributed by atoms with Crippen molar-refractivity contribution in [3.63, 3.8) is 0 Å². The topological polar surface area (TPSA) is 102 Å². The Labute approximate surface area is 148 Å². The third-order valence-electron chi connectivity index (χ3n) is 4.76. The maximum atomic E-state index is 14.5. The fraction of sp³-hybridized carbons (Fsp3) is 0.278. The van der Waals surface area contributed by atoms with Crippen molar-refractivity contribution in [1.29, 1.82) is 0 Å². The van der Waals surface area contributed by atoms with Gasteiger partial charge in [-0.3, -0.25) is 9.89 Å². The molecule has 3 aromatic rings. The highest BCUT2D eigenvalue weighted by Crippen LogP contribution is 2.44. The fourth-order valence-corrected chi connectivity index (χ4v) is 2.96. The first-order chi connectivity index (χ1) is 12.4. The number of hydrogen-bond acceptors (Lipinski definition) is 4. The molecule has 2 heterocycles. The van der Waals surface area contributed by atoms with Gasteiger partial charge in [-0.2, -0.15) is 5.10 Å². The number of nitrogens with two attached hydrogens (primary N) is 1. The molecule has 0 saturated heterocycles. The molecule has 4 rings (SSSR count). The van der Waals surface area contributed by atoms with Gasteiger partial charge in [-0.05, 0) is 31.8 Å². The number of nitrogens with zero attached hydrogens (tertiary/aromatic N) is 3. The van der Waals surface area contributed by atoms with Crippen LogP contribution in [-0.2, 0) is 5.54 Å². The van der Waals surface area contributed by atoms with Gasteiger partial charge in [0.2, 0.25) is 0 Å². The maximum absolute atomic E-state index is 14.5. The van der Waals surface area contributed by atoms with Gasteiger partial charge >= 0.3 is 0 Å². The summed E-state index contributed by atoms with van der Waals surface area (Å²) < 4.78 is 16.6. The fourth-order valence-electron chi connectivity index (χ4n) is 2.96. The highest BCUT2D eigenvalue weighted by atomic mass is 19.1. The van der Waals surface area contributed by atoms with Crippen molar-refractivity contribution in [2.75, 3.05) is 12.4 Å². The van der Waals surface area contributed by atoms with E-state index in [1.165, 1.54) is 6.07 Å². The Balaban J connectivity index is 1.76. The maximum Gasteiger partial charge on any atom is 0.255 e. The van der Waals surface area contributed by atoms with E-state index in [2.05, 4.69) is 39.3 Å². The molecule has 1 aliphatic carbocycles. The molecule has 0 unspecified atom stereocenters. The van der Waals surface area contributed by atoms with Gasteiger partial charge in [-0.15, -0.1) is 0 Å². The number of rotatable bonds is 3. The number of amides is 1. The summed E-state index contributed by atoms with van der Waals surface area (Å²) in [5.41, 5.74) is 7.40. The van der Waals surface area contributed by atoms with Gasteiger partial charge in [0.1, 0.15) is 17.1 Å². The standard InChI is InChI=1S/C18H17FN6O/c1-18(5-6-18)25-9-22-13-7-10(11(19)8-14(13)25)3-4-12-15(16(20)26)17(21-2)24-23-12/h7-9H,5-6H2,1-2H3,(H2,20,26)(H2,21,23,24). The van der Waals surface area contributed by atoms with Crippen LogP contribution >= 0.6 is 0 Å². The third-order valence-corrected chi connectivity index (χ3v) is 4.76. The summed E-state index contributed by atoms with van der Waals surface area (Å²) in [6.07, 6.45) is 3.86. The van der Waals surface area contributed by atoms with Crippen molar-refractivity contribution >= 4 is 22.8 Å². The van der Waals surface area contributed by atoms with E-state index < -0.39 is 11.7 Å². The molecule has 7 nitrogen and oxygen atoms in total. The summed E-state index contributed by atoms with van der Waals surface area (Å²) in [7, 11) is 1.62. The molecule has 0 spiro atoms. The van der Waals surface area contributed by atoms with Crippen LogP contribution in [0.5, 0.6) is 0 Å². The molecule has 0 bridgehead atoms. The second-order valence-corrected chi connectivity index (χ2v) is 6.62. The molecular formula is C18H17FN6O. The second kappa shape index (κ2) is 5.59. The van der Waals surface area contributed by atoms with Gasteiger partial charge < -0.3 is 15.6 Å². The van der Waals surface area contributed by atoms with E-state index in [9.17, 15) is 9.18 Å². The zero-order valence-electron chi connectivity index (χ0n) is 14.4. The van der Waals surface area contributed by atoms with Gasteiger partial charge in [-0.25, -0.2) is 9.37 Å². The number of carbonyl (C=O) groups excluding carboxylic acids is 1. The zero-order valence-corrected chi connectivity index (χ0v) is 14.4. The Kier molecular flexibility index (Phi) is 3.47. The Morgan fingerprint density at radius 1 is 1.42 bits per heavy atom. The van der Waals surface area contributed by atoms with Gasteiger partial charge in [0.05, 0.1) is 22.9 Å². The van der Waals surface area contributed by atoms with Crippen LogP contribution in [-0.4, -0.2) is 32.7 Å². The molecule has 2 aromatic heterocycles. The highest BCUT2D eigenvalue weighted by Gasteiger charge is 2.40. The molecule has 4 N–H and O–H groups in total. The van der Waals surface area contributed by atoms with E-state index in [-0.39, 0.29) is 22.4 Å². The van der Waals surface area contributed by atoms with Crippen LogP contribution in [0.3, 0.4) is 0 Å². The van der Waals surface area contributed by atoms with E-state index in [0.717, 1.165) is 18.4 Å². The molecule has 1 aromatic carbocycles. The number of H-pyrrole nitrogens is 1. The second-order valence-electron chi connectivity index (χ2n) is 6.62. The van der Waals surface area contributed by atoms with Crippen LogP contribution in [0.15, 0.2) is 18.5 Å². The number of halogens is 1. The number of anilines is 1. The molecule has 132 valence electrons. The van der Waals surface area contributed by atoms with Crippen molar-refractivity contribution in [3.05, 3.63) is 41.1 Å². The summed E-state index contributed by atoms with van der Waals surface area (Å²) in [4.78, 5) is 16.0. The lowest BCUT2D eigenvalue weighted by atomic mass is 10.1. The number of aromatic amines is 1.